The van der Waals surface area contributed by atoms with Crippen LogP contribution in [-0.2, 0) is 9.84 Å². The molecule has 0 spiro atoms. The van der Waals surface area contributed by atoms with E-state index in [9.17, 15) is 18.0 Å². The minimum absolute atomic E-state index is 0. The van der Waals surface area contributed by atoms with Gasteiger partial charge in [0.25, 0.3) is 5.91 Å². The molecule has 0 aromatic heterocycles. The molecule has 0 bridgehead atoms. The molecule has 0 saturated carbocycles. The van der Waals surface area contributed by atoms with Gasteiger partial charge in [0.2, 0.25) is 9.84 Å². The first-order valence-corrected chi connectivity index (χ1v) is 9.93. The van der Waals surface area contributed by atoms with E-state index in [1.807, 2.05) is 6.92 Å². The number of hydrogen-bond acceptors (Lipinski definition) is 5. The SMILES string of the molecule is CC1CN(C(=O)c2ccc3c(c2)S(=O)(=O)c2ccccc2C3=O)CCN1.Cl. The van der Waals surface area contributed by atoms with Crippen molar-refractivity contribution in [3.63, 3.8) is 0 Å². The number of benzene rings is 2. The maximum atomic E-state index is 13.0. The van der Waals surface area contributed by atoms with E-state index in [2.05, 4.69) is 5.32 Å². The largest absolute Gasteiger partial charge is 0.336 e. The second-order valence-electron chi connectivity index (χ2n) is 6.65. The molecule has 1 atom stereocenters. The van der Waals surface area contributed by atoms with Gasteiger partial charge in [0.05, 0.1) is 9.79 Å². The van der Waals surface area contributed by atoms with Crippen molar-refractivity contribution in [2.75, 3.05) is 19.6 Å². The van der Waals surface area contributed by atoms with Crippen LogP contribution in [0.3, 0.4) is 0 Å². The summed E-state index contributed by atoms with van der Waals surface area (Å²) in [5.74, 6) is -0.553. The molecule has 1 unspecified atom stereocenters. The first kappa shape index (κ1) is 19.5. The third-order valence-corrected chi connectivity index (χ3v) is 6.69. The summed E-state index contributed by atoms with van der Waals surface area (Å²) in [5.41, 5.74) is 0.581. The van der Waals surface area contributed by atoms with Gasteiger partial charge in [0.1, 0.15) is 0 Å². The van der Waals surface area contributed by atoms with Crippen LogP contribution < -0.4 is 5.32 Å². The van der Waals surface area contributed by atoms with Gasteiger partial charge in [0.15, 0.2) is 5.78 Å². The minimum atomic E-state index is -3.84. The number of carbonyl (C=O) groups is 2. The van der Waals surface area contributed by atoms with E-state index in [1.165, 1.54) is 30.3 Å². The summed E-state index contributed by atoms with van der Waals surface area (Å²) in [6.07, 6.45) is 0. The quantitative estimate of drug-likeness (QED) is 0.667. The summed E-state index contributed by atoms with van der Waals surface area (Å²) in [5, 5.41) is 3.26. The van der Waals surface area contributed by atoms with E-state index >= 15 is 0 Å². The summed E-state index contributed by atoms with van der Waals surface area (Å²) in [7, 11) is -3.84. The van der Waals surface area contributed by atoms with Crippen molar-refractivity contribution in [2.24, 2.45) is 0 Å². The topological polar surface area (TPSA) is 83.6 Å². The third kappa shape index (κ3) is 3.16. The van der Waals surface area contributed by atoms with E-state index in [1.54, 1.807) is 17.0 Å². The Morgan fingerprint density at radius 1 is 1.11 bits per heavy atom. The van der Waals surface area contributed by atoms with Crippen LogP contribution in [0, 0.1) is 0 Å². The monoisotopic (exact) mass is 406 g/mol. The van der Waals surface area contributed by atoms with E-state index in [0.29, 0.717) is 19.6 Å². The molecule has 1 amide bonds. The highest BCUT2D eigenvalue weighted by Gasteiger charge is 2.35. The highest BCUT2D eigenvalue weighted by Crippen LogP contribution is 2.34. The van der Waals surface area contributed by atoms with Gasteiger partial charge >= 0.3 is 0 Å². The third-order valence-electron chi connectivity index (χ3n) is 4.84. The fourth-order valence-electron chi connectivity index (χ4n) is 3.52. The molecule has 8 heteroatoms. The van der Waals surface area contributed by atoms with Crippen molar-refractivity contribution in [2.45, 2.75) is 22.8 Å². The molecule has 2 aromatic rings. The maximum Gasteiger partial charge on any atom is 0.253 e. The Hall–Kier alpha value is -2.22. The molecular formula is C19H19ClN2O4S. The van der Waals surface area contributed by atoms with Crippen molar-refractivity contribution >= 4 is 33.9 Å². The lowest BCUT2D eigenvalue weighted by molar-refractivity contribution is 0.0708. The van der Waals surface area contributed by atoms with Gasteiger partial charge in [-0.05, 0) is 37.3 Å². The van der Waals surface area contributed by atoms with Crippen molar-refractivity contribution in [1.82, 2.24) is 10.2 Å². The number of nitrogens with one attached hydrogen (secondary N) is 1. The Kier molecular flexibility index (Phi) is 5.12. The zero-order valence-corrected chi connectivity index (χ0v) is 16.3. The van der Waals surface area contributed by atoms with Gasteiger partial charge in [0, 0.05) is 42.4 Å². The van der Waals surface area contributed by atoms with Crippen LogP contribution in [0.1, 0.15) is 33.2 Å². The highest BCUT2D eigenvalue weighted by molar-refractivity contribution is 7.91. The lowest BCUT2D eigenvalue weighted by Gasteiger charge is -2.32. The molecule has 0 radical (unpaired) electrons. The lowest BCUT2D eigenvalue weighted by atomic mass is 10.0. The fraction of sp³-hybridized carbons (Fsp3) is 0.263. The highest BCUT2D eigenvalue weighted by atomic mass is 35.5. The van der Waals surface area contributed by atoms with Gasteiger partial charge in [-0.2, -0.15) is 0 Å². The average molecular weight is 407 g/mol. The van der Waals surface area contributed by atoms with Crippen LogP contribution in [0.2, 0.25) is 0 Å². The number of ketones is 1. The number of hydrogen-bond donors (Lipinski definition) is 1. The minimum Gasteiger partial charge on any atom is -0.336 e. The number of rotatable bonds is 1. The van der Waals surface area contributed by atoms with Gasteiger partial charge in [-0.1, -0.05) is 12.1 Å². The molecule has 0 aliphatic carbocycles. The maximum absolute atomic E-state index is 13.0. The standard InChI is InChI=1S/C19H18N2O4S.ClH/c1-12-11-21(9-8-20-12)19(23)13-6-7-15-17(10-13)26(24,25)16-5-3-2-4-14(16)18(15)22;/h2-7,10,12,20H,8-9,11H2,1H3;1H. The summed E-state index contributed by atoms with van der Waals surface area (Å²) in [4.78, 5) is 27.1. The number of fused-ring (bicyclic) bond motifs is 2. The molecular weight excluding hydrogens is 388 g/mol. The smallest absolute Gasteiger partial charge is 0.253 e. The Morgan fingerprint density at radius 2 is 1.81 bits per heavy atom. The number of sulfone groups is 1. The Bertz CT molecular complexity index is 1040. The normalized spacial score (nSPS) is 20.3. The predicted octanol–water partition coefficient (Wildman–Crippen LogP) is 1.92. The lowest BCUT2D eigenvalue weighted by Crippen LogP contribution is -2.51. The van der Waals surface area contributed by atoms with Gasteiger partial charge in [-0.25, -0.2) is 8.42 Å². The number of carbonyl (C=O) groups excluding carboxylic acids is 2. The summed E-state index contributed by atoms with van der Waals surface area (Å²) < 4.78 is 25.9. The molecule has 2 aromatic carbocycles. The Labute approximate surface area is 163 Å². The Balaban J connectivity index is 0.00000210. The van der Waals surface area contributed by atoms with Crippen LogP contribution in [0.4, 0.5) is 0 Å². The molecule has 4 rings (SSSR count). The molecule has 2 aliphatic heterocycles. The molecule has 142 valence electrons. The summed E-state index contributed by atoms with van der Waals surface area (Å²) >= 11 is 0. The van der Waals surface area contributed by atoms with Gasteiger partial charge in [-0.3, -0.25) is 9.59 Å². The molecule has 6 nitrogen and oxygen atoms in total. The number of piperazine rings is 1. The van der Waals surface area contributed by atoms with Crippen LogP contribution in [-0.4, -0.2) is 50.7 Å². The van der Waals surface area contributed by atoms with Gasteiger partial charge < -0.3 is 10.2 Å². The number of nitrogens with zero attached hydrogens (tertiary/aromatic N) is 1. The average Bonchev–Trinajstić information content (AvgIpc) is 2.65. The van der Waals surface area contributed by atoms with Crippen LogP contribution >= 0.6 is 12.4 Å². The van der Waals surface area contributed by atoms with Crippen LogP contribution in [0.15, 0.2) is 52.3 Å². The van der Waals surface area contributed by atoms with E-state index in [4.69, 9.17) is 0 Å². The van der Waals surface area contributed by atoms with Crippen molar-refractivity contribution < 1.29 is 18.0 Å². The second kappa shape index (κ2) is 7.07. The zero-order chi connectivity index (χ0) is 18.5. The molecule has 27 heavy (non-hydrogen) atoms. The molecule has 2 heterocycles. The zero-order valence-electron chi connectivity index (χ0n) is 14.6. The van der Waals surface area contributed by atoms with Gasteiger partial charge in [-0.15, -0.1) is 12.4 Å². The number of halogens is 1. The first-order chi connectivity index (χ1) is 12.4. The fourth-order valence-corrected chi connectivity index (χ4v) is 5.19. The molecule has 1 N–H and O–H groups in total. The van der Waals surface area contributed by atoms with Crippen molar-refractivity contribution in [3.8, 4) is 0 Å². The second-order valence-corrected chi connectivity index (χ2v) is 8.53. The summed E-state index contributed by atoms with van der Waals surface area (Å²) in [6.45, 7) is 3.81. The van der Waals surface area contributed by atoms with Crippen LogP contribution in [0.5, 0.6) is 0 Å². The molecule has 1 saturated heterocycles. The van der Waals surface area contributed by atoms with Crippen LogP contribution in [0.25, 0.3) is 0 Å². The molecule has 2 aliphatic rings. The predicted molar refractivity (Wildman–Crippen MR) is 102 cm³/mol. The van der Waals surface area contributed by atoms with E-state index < -0.39 is 9.84 Å². The Morgan fingerprint density at radius 3 is 2.56 bits per heavy atom. The summed E-state index contributed by atoms with van der Waals surface area (Å²) in [6, 6.07) is 10.7. The van der Waals surface area contributed by atoms with Crippen molar-refractivity contribution in [3.05, 3.63) is 59.2 Å². The van der Waals surface area contributed by atoms with Crippen molar-refractivity contribution in [1.29, 1.82) is 0 Å². The first-order valence-electron chi connectivity index (χ1n) is 8.45. The van der Waals surface area contributed by atoms with E-state index in [0.717, 1.165) is 0 Å². The number of amides is 1. The molecule has 1 fully saturated rings. The van der Waals surface area contributed by atoms with E-state index in [-0.39, 0.29) is 56.6 Å².